The van der Waals surface area contributed by atoms with Crippen molar-refractivity contribution in [2.75, 3.05) is 7.11 Å². The van der Waals surface area contributed by atoms with Crippen LogP contribution in [0.15, 0.2) is 18.2 Å². The number of ether oxygens (including phenoxy) is 1. The maximum atomic E-state index is 12.1. The van der Waals surface area contributed by atoms with Crippen LogP contribution in [0, 0.1) is 6.92 Å². The van der Waals surface area contributed by atoms with Gasteiger partial charge in [0.15, 0.2) is 0 Å². The van der Waals surface area contributed by atoms with Crippen LogP contribution in [0.1, 0.15) is 55.2 Å². The van der Waals surface area contributed by atoms with Crippen LogP contribution in [0.3, 0.4) is 0 Å². The number of hydrogen-bond donors (Lipinski definition) is 1. The SMILES string of the molecule is COC(=O)c1ccc([C@H](C)N[S@@](=O)C(C)(C)C)cc1C. The molecule has 5 heteroatoms. The second-order valence-corrected chi connectivity index (χ2v) is 7.78. The molecule has 0 bridgehead atoms. The summed E-state index contributed by atoms with van der Waals surface area (Å²) in [5.41, 5.74) is 2.40. The van der Waals surface area contributed by atoms with Crippen LogP contribution >= 0.6 is 0 Å². The number of nitrogens with one attached hydrogen (secondary N) is 1. The molecule has 0 amide bonds. The molecule has 0 spiro atoms. The quantitative estimate of drug-likeness (QED) is 0.869. The van der Waals surface area contributed by atoms with E-state index in [1.165, 1.54) is 7.11 Å². The Morgan fingerprint density at radius 3 is 2.40 bits per heavy atom. The van der Waals surface area contributed by atoms with Gasteiger partial charge >= 0.3 is 5.97 Å². The van der Waals surface area contributed by atoms with Crippen LogP contribution in [-0.4, -0.2) is 22.0 Å². The van der Waals surface area contributed by atoms with Gasteiger partial charge in [0.05, 0.1) is 28.4 Å². The zero-order valence-corrected chi connectivity index (χ0v) is 13.8. The fraction of sp³-hybridized carbons (Fsp3) is 0.533. The average Bonchev–Trinajstić information content (AvgIpc) is 2.36. The minimum atomic E-state index is -1.13. The Hall–Kier alpha value is -1.20. The highest BCUT2D eigenvalue weighted by Gasteiger charge is 2.22. The van der Waals surface area contributed by atoms with Gasteiger partial charge in [-0.15, -0.1) is 0 Å². The largest absolute Gasteiger partial charge is 0.465 e. The summed E-state index contributed by atoms with van der Waals surface area (Å²) in [5, 5.41) is 0. The molecule has 4 nitrogen and oxygen atoms in total. The summed E-state index contributed by atoms with van der Waals surface area (Å²) in [5.74, 6) is -0.340. The summed E-state index contributed by atoms with van der Waals surface area (Å²) in [4.78, 5) is 11.5. The normalized spacial score (nSPS) is 14.7. The topological polar surface area (TPSA) is 55.4 Å². The first-order valence-electron chi connectivity index (χ1n) is 6.53. The van der Waals surface area contributed by atoms with Gasteiger partial charge in [0.25, 0.3) is 0 Å². The number of esters is 1. The fourth-order valence-corrected chi connectivity index (χ4v) is 2.51. The molecule has 2 atom stereocenters. The van der Waals surface area contributed by atoms with Crippen molar-refractivity contribution in [2.24, 2.45) is 0 Å². The fourth-order valence-electron chi connectivity index (χ4n) is 1.70. The molecule has 1 rings (SSSR count). The summed E-state index contributed by atoms with van der Waals surface area (Å²) in [6.45, 7) is 9.59. The highest BCUT2D eigenvalue weighted by atomic mass is 32.2. The van der Waals surface area contributed by atoms with Gasteiger partial charge in [-0.1, -0.05) is 12.1 Å². The van der Waals surface area contributed by atoms with Gasteiger partial charge in [0.1, 0.15) is 0 Å². The van der Waals surface area contributed by atoms with Crippen LogP contribution < -0.4 is 4.72 Å². The average molecular weight is 297 g/mol. The number of aryl methyl sites for hydroxylation is 1. The molecule has 0 heterocycles. The smallest absolute Gasteiger partial charge is 0.338 e. The second kappa shape index (κ2) is 6.50. The molecule has 1 aromatic carbocycles. The van der Waals surface area contributed by atoms with E-state index in [-0.39, 0.29) is 16.8 Å². The van der Waals surface area contributed by atoms with Crippen molar-refractivity contribution < 1.29 is 13.7 Å². The van der Waals surface area contributed by atoms with E-state index in [0.717, 1.165) is 11.1 Å². The zero-order valence-electron chi connectivity index (χ0n) is 12.9. The molecule has 1 N–H and O–H groups in total. The van der Waals surface area contributed by atoms with Crippen molar-refractivity contribution in [3.8, 4) is 0 Å². The van der Waals surface area contributed by atoms with Crippen molar-refractivity contribution in [3.05, 3.63) is 34.9 Å². The maximum absolute atomic E-state index is 12.1. The van der Waals surface area contributed by atoms with Gasteiger partial charge in [-0.25, -0.2) is 13.7 Å². The highest BCUT2D eigenvalue weighted by Crippen LogP contribution is 2.20. The zero-order chi connectivity index (χ0) is 15.5. The number of hydrogen-bond acceptors (Lipinski definition) is 3. The number of methoxy groups -OCH3 is 1. The molecule has 0 fully saturated rings. The summed E-state index contributed by atoms with van der Waals surface area (Å²) < 4.78 is 19.6. The van der Waals surface area contributed by atoms with E-state index in [1.807, 2.05) is 46.8 Å². The van der Waals surface area contributed by atoms with Crippen molar-refractivity contribution in [3.63, 3.8) is 0 Å². The van der Waals surface area contributed by atoms with Crippen molar-refractivity contribution in [1.82, 2.24) is 4.72 Å². The van der Waals surface area contributed by atoms with Gasteiger partial charge in [-0.2, -0.15) is 0 Å². The number of carbonyl (C=O) groups excluding carboxylic acids is 1. The van der Waals surface area contributed by atoms with Gasteiger partial charge < -0.3 is 4.74 Å². The van der Waals surface area contributed by atoms with Crippen LogP contribution in [0.25, 0.3) is 0 Å². The number of rotatable bonds is 4. The maximum Gasteiger partial charge on any atom is 0.338 e. The molecule has 0 aliphatic heterocycles. The van der Waals surface area contributed by atoms with E-state index in [1.54, 1.807) is 6.07 Å². The Labute approximate surface area is 123 Å². The number of benzene rings is 1. The number of carbonyl (C=O) groups is 1. The van der Waals surface area contributed by atoms with E-state index in [4.69, 9.17) is 4.74 Å². The molecule has 0 saturated heterocycles. The molecule has 20 heavy (non-hydrogen) atoms. The Morgan fingerprint density at radius 2 is 1.95 bits per heavy atom. The Bertz CT molecular complexity index is 520. The Kier molecular flexibility index (Phi) is 5.48. The molecule has 0 radical (unpaired) electrons. The minimum Gasteiger partial charge on any atom is -0.465 e. The van der Waals surface area contributed by atoms with E-state index < -0.39 is 11.0 Å². The van der Waals surface area contributed by atoms with Crippen LogP contribution in [0.4, 0.5) is 0 Å². The van der Waals surface area contributed by atoms with Crippen molar-refractivity contribution >= 4 is 17.0 Å². The molecular formula is C15H23NO3S. The van der Waals surface area contributed by atoms with E-state index >= 15 is 0 Å². The predicted octanol–water partition coefficient (Wildman–Crippen LogP) is 2.89. The lowest BCUT2D eigenvalue weighted by molar-refractivity contribution is 0.0600. The molecular weight excluding hydrogens is 274 g/mol. The molecule has 0 saturated carbocycles. The van der Waals surface area contributed by atoms with Crippen molar-refractivity contribution in [2.45, 2.75) is 45.4 Å². The van der Waals surface area contributed by atoms with Crippen LogP contribution in [-0.2, 0) is 15.7 Å². The lowest BCUT2D eigenvalue weighted by Crippen LogP contribution is -2.34. The van der Waals surface area contributed by atoms with Gasteiger partial charge in [-0.3, -0.25) is 0 Å². The summed E-state index contributed by atoms with van der Waals surface area (Å²) >= 11 is 0. The second-order valence-electron chi connectivity index (χ2n) is 5.79. The van der Waals surface area contributed by atoms with Crippen LogP contribution in [0.5, 0.6) is 0 Å². The third kappa shape index (κ3) is 4.15. The summed E-state index contributed by atoms with van der Waals surface area (Å²) in [7, 11) is 0.236. The van der Waals surface area contributed by atoms with Gasteiger partial charge in [-0.05, 0) is 51.8 Å². The predicted molar refractivity (Wildman–Crippen MR) is 82.0 cm³/mol. The summed E-state index contributed by atoms with van der Waals surface area (Å²) in [6.07, 6.45) is 0. The van der Waals surface area contributed by atoms with E-state index in [0.29, 0.717) is 5.56 Å². The first-order valence-corrected chi connectivity index (χ1v) is 7.68. The Balaban J connectivity index is 2.91. The first kappa shape index (κ1) is 16.9. The lowest BCUT2D eigenvalue weighted by atomic mass is 10.0. The van der Waals surface area contributed by atoms with E-state index in [2.05, 4.69) is 4.72 Å². The summed E-state index contributed by atoms with van der Waals surface area (Å²) in [6, 6.07) is 5.47. The monoisotopic (exact) mass is 297 g/mol. The van der Waals surface area contributed by atoms with Gasteiger partial charge in [0, 0.05) is 6.04 Å². The Morgan fingerprint density at radius 1 is 1.35 bits per heavy atom. The van der Waals surface area contributed by atoms with E-state index in [9.17, 15) is 9.00 Å². The lowest BCUT2D eigenvalue weighted by Gasteiger charge is -2.22. The molecule has 0 aliphatic rings. The molecule has 0 aromatic heterocycles. The standard InChI is InChI=1S/C15H23NO3S/c1-10-9-12(7-8-13(10)14(17)19-6)11(2)16-20(18)15(3,4)5/h7-9,11,16H,1-6H3/t11-,20-/m0/s1. The highest BCUT2D eigenvalue weighted by molar-refractivity contribution is 7.84. The minimum absolute atomic E-state index is 0.0551. The third-order valence-corrected chi connectivity index (χ3v) is 4.68. The van der Waals surface area contributed by atoms with Crippen LogP contribution in [0.2, 0.25) is 0 Å². The first-order chi connectivity index (χ1) is 9.16. The third-order valence-electron chi connectivity index (χ3n) is 3.00. The van der Waals surface area contributed by atoms with Gasteiger partial charge in [0.2, 0.25) is 0 Å². The molecule has 0 unspecified atom stereocenters. The molecule has 112 valence electrons. The van der Waals surface area contributed by atoms with Crippen molar-refractivity contribution in [1.29, 1.82) is 0 Å². The molecule has 0 aliphatic carbocycles. The molecule has 1 aromatic rings.